The molecular weight excluding hydrogens is 286 g/mol. The van der Waals surface area contributed by atoms with Crippen molar-refractivity contribution in [2.24, 2.45) is 4.99 Å². The minimum absolute atomic E-state index is 0.117. The molecule has 0 saturated heterocycles. The number of hydrogen-bond donors (Lipinski definition) is 3. The summed E-state index contributed by atoms with van der Waals surface area (Å²) in [6.45, 7) is 8.05. The van der Waals surface area contributed by atoms with Crippen LogP contribution in [0, 0.1) is 6.92 Å². The number of benzene rings is 1. The summed E-state index contributed by atoms with van der Waals surface area (Å²) in [6, 6.07) is 9.13. The Hall–Kier alpha value is -1.55. The van der Waals surface area contributed by atoms with Crippen LogP contribution in [0.2, 0.25) is 0 Å². The first-order chi connectivity index (χ1) is 11.1. The van der Waals surface area contributed by atoms with E-state index >= 15 is 0 Å². The number of aliphatic hydroxyl groups excluding tert-OH is 1. The van der Waals surface area contributed by atoms with Gasteiger partial charge in [0, 0.05) is 25.0 Å². The van der Waals surface area contributed by atoms with Gasteiger partial charge in [-0.1, -0.05) is 36.8 Å². The van der Waals surface area contributed by atoms with Gasteiger partial charge >= 0.3 is 0 Å². The van der Waals surface area contributed by atoms with Gasteiger partial charge in [-0.05, 0) is 45.1 Å². The number of guanidine groups is 1. The number of nitrogens with zero attached hydrogens (tertiary/aromatic N) is 1. The van der Waals surface area contributed by atoms with Crippen molar-refractivity contribution < 1.29 is 5.11 Å². The molecule has 3 N–H and O–H groups in total. The Bertz CT molecular complexity index is 490. The summed E-state index contributed by atoms with van der Waals surface area (Å²) in [7, 11) is 0. The lowest BCUT2D eigenvalue weighted by molar-refractivity contribution is 0.120. The molecule has 1 unspecified atom stereocenters. The van der Waals surface area contributed by atoms with Gasteiger partial charge in [0.1, 0.15) is 0 Å². The third kappa shape index (κ3) is 5.87. The van der Waals surface area contributed by atoms with Crippen LogP contribution in [0.1, 0.15) is 56.6 Å². The molecule has 0 bridgehead atoms. The van der Waals surface area contributed by atoms with Crippen LogP contribution in [0.4, 0.5) is 0 Å². The monoisotopic (exact) mass is 317 g/mol. The molecule has 4 nitrogen and oxygen atoms in total. The van der Waals surface area contributed by atoms with E-state index in [1.165, 1.54) is 11.1 Å². The van der Waals surface area contributed by atoms with E-state index in [9.17, 15) is 5.11 Å². The highest BCUT2D eigenvalue weighted by Crippen LogP contribution is 2.19. The van der Waals surface area contributed by atoms with Crippen molar-refractivity contribution in [2.45, 2.75) is 64.5 Å². The first kappa shape index (κ1) is 17.8. The number of aliphatic imine (C=N–C) groups is 1. The molecule has 1 aromatic carbocycles. The molecule has 0 aromatic heterocycles. The van der Waals surface area contributed by atoms with Crippen molar-refractivity contribution >= 4 is 5.96 Å². The molecule has 1 saturated carbocycles. The van der Waals surface area contributed by atoms with Crippen molar-refractivity contribution in [3.63, 3.8) is 0 Å². The Labute approximate surface area is 140 Å². The van der Waals surface area contributed by atoms with E-state index in [2.05, 4.69) is 55.7 Å². The van der Waals surface area contributed by atoms with Crippen LogP contribution in [0.15, 0.2) is 29.3 Å². The molecule has 23 heavy (non-hydrogen) atoms. The normalized spacial score (nSPS) is 23.4. The molecular formula is C19H31N3O. The first-order valence-corrected chi connectivity index (χ1v) is 8.88. The fourth-order valence-electron chi connectivity index (χ4n) is 2.96. The first-order valence-electron chi connectivity index (χ1n) is 8.88. The van der Waals surface area contributed by atoms with Gasteiger partial charge in [0.25, 0.3) is 0 Å². The van der Waals surface area contributed by atoms with Crippen molar-refractivity contribution in [3.05, 3.63) is 35.4 Å². The Morgan fingerprint density at radius 1 is 1.22 bits per heavy atom. The molecule has 1 aliphatic carbocycles. The van der Waals surface area contributed by atoms with Crippen molar-refractivity contribution in [1.29, 1.82) is 0 Å². The van der Waals surface area contributed by atoms with Gasteiger partial charge < -0.3 is 15.7 Å². The molecule has 2 rings (SSSR count). The number of nitrogens with one attached hydrogen (secondary N) is 2. The van der Waals surface area contributed by atoms with Gasteiger partial charge in [-0.15, -0.1) is 0 Å². The molecule has 0 radical (unpaired) electrons. The van der Waals surface area contributed by atoms with Crippen LogP contribution >= 0.6 is 0 Å². The molecule has 0 amide bonds. The van der Waals surface area contributed by atoms with E-state index in [1.807, 2.05) is 0 Å². The van der Waals surface area contributed by atoms with Crippen LogP contribution in [-0.4, -0.2) is 36.3 Å². The van der Waals surface area contributed by atoms with Crippen LogP contribution in [0.25, 0.3) is 0 Å². The minimum Gasteiger partial charge on any atom is -0.393 e. The molecule has 0 heterocycles. The SMILES string of the molecule is CCNC(=NCC(C)c1ccc(C)cc1)NC1CCC(O)CC1. The molecule has 0 aliphatic heterocycles. The van der Waals surface area contributed by atoms with E-state index in [0.29, 0.717) is 12.0 Å². The van der Waals surface area contributed by atoms with Gasteiger partial charge in [-0.3, -0.25) is 4.99 Å². The Kier molecular flexibility index (Phi) is 6.90. The van der Waals surface area contributed by atoms with Gasteiger partial charge in [-0.2, -0.15) is 0 Å². The van der Waals surface area contributed by atoms with E-state index < -0.39 is 0 Å². The predicted molar refractivity (Wildman–Crippen MR) is 97.0 cm³/mol. The van der Waals surface area contributed by atoms with E-state index in [0.717, 1.165) is 44.7 Å². The standard InChI is InChI=1S/C19H31N3O/c1-4-20-19(22-17-9-11-18(23)12-10-17)21-13-15(3)16-7-5-14(2)6-8-16/h5-8,15,17-18,23H,4,9-13H2,1-3H3,(H2,20,21,22). The maximum atomic E-state index is 9.61. The average molecular weight is 317 g/mol. The van der Waals surface area contributed by atoms with Crippen molar-refractivity contribution in [2.75, 3.05) is 13.1 Å². The number of aryl methyl sites for hydroxylation is 1. The van der Waals surface area contributed by atoms with Crippen LogP contribution < -0.4 is 10.6 Å². The quantitative estimate of drug-likeness (QED) is 0.578. The van der Waals surface area contributed by atoms with Gasteiger partial charge in [0.05, 0.1) is 6.10 Å². The Morgan fingerprint density at radius 3 is 2.48 bits per heavy atom. The predicted octanol–water partition coefficient (Wildman–Crippen LogP) is 2.96. The Morgan fingerprint density at radius 2 is 1.87 bits per heavy atom. The zero-order valence-electron chi connectivity index (χ0n) is 14.7. The lowest BCUT2D eigenvalue weighted by Gasteiger charge is -2.27. The zero-order chi connectivity index (χ0) is 16.7. The van der Waals surface area contributed by atoms with E-state index in [-0.39, 0.29) is 6.10 Å². The molecule has 1 atom stereocenters. The van der Waals surface area contributed by atoms with Crippen LogP contribution in [0.3, 0.4) is 0 Å². The average Bonchev–Trinajstić information content (AvgIpc) is 2.55. The molecule has 0 spiro atoms. The summed E-state index contributed by atoms with van der Waals surface area (Å²) in [5.41, 5.74) is 2.62. The largest absolute Gasteiger partial charge is 0.393 e. The Balaban J connectivity index is 1.91. The molecule has 1 fully saturated rings. The highest BCUT2D eigenvalue weighted by Gasteiger charge is 2.20. The van der Waals surface area contributed by atoms with Crippen molar-refractivity contribution in [1.82, 2.24) is 10.6 Å². The summed E-state index contributed by atoms with van der Waals surface area (Å²) in [5.74, 6) is 1.30. The van der Waals surface area contributed by atoms with Gasteiger partial charge in [-0.25, -0.2) is 0 Å². The van der Waals surface area contributed by atoms with Crippen LogP contribution in [-0.2, 0) is 0 Å². The molecule has 1 aromatic rings. The maximum absolute atomic E-state index is 9.61. The fourth-order valence-corrected chi connectivity index (χ4v) is 2.96. The van der Waals surface area contributed by atoms with E-state index in [1.54, 1.807) is 0 Å². The maximum Gasteiger partial charge on any atom is 0.191 e. The third-order valence-corrected chi connectivity index (χ3v) is 4.55. The van der Waals surface area contributed by atoms with Gasteiger partial charge in [0.15, 0.2) is 5.96 Å². The van der Waals surface area contributed by atoms with E-state index in [4.69, 9.17) is 4.99 Å². The second kappa shape index (κ2) is 8.92. The highest BCUT2D eigenvalue weighted by molar-refractivity contribution is 5.80. The molecule has 4 heteroatoms. The number of rotatable bonds is 5. The molecule has 128 valence electrons. The lowest BCUT2D eigenvalue weighted by atomic mass is 9.93. The third-order valence-electron chi connectivity index (χ3n) is 4.55. The number of aliphatic hydroxyl groups is 1. The topological polar surface area (TPSA) is 56.7 Å². The summed E-state index contributed by atoms with van der Waals surface area (Å²) in [4.78, 5) is 4.76. The highest BCUT2D eigenvalue weighted by atomic mass is 16.3. The van der Waals surface area contributed by atoms with Crippen LogP contribution in [0.5, 0.6) is 0 Å². The fraction of sp³-hybridized carbons (Fsp3) is 0.632. The zero-order valence-corrected chi connectivity index (χ0v) is 14.7. The second-order valence-electron chi connectivity index (χ2n) is 6.68. The summed E-state index contributed by atoms with van der Waals surface area (Å²) in [5, 5.41) is 16.5. The minimum atomic E-state index is -0.117. The molecule has 1 aliphatic rings. The summed E-state index contributed by atoms with van der Waals surface area (Å²) < 4.78 is 0. The summed E-state index contributed by atoms with van der Waals surface area (Å²) >= 11 is 0. The summed E-state index contributed by atoms with van der Waals surface area (Å²) in [6.07, 6.45) is 3.68. The smallest absolute Gasteiger partial charge is 0.191 e. The number of hydrogen-bond acceptors (Lipinski definition) is 2. The second-order valence-corrected chi connectivity index (χ2v) is 6.68. The lowest BCUT2D eigenvalue weighted by Crippen LogP contribution is -2.45. The van der Waals surface area contributed by atoms with Gasteiger partial charge in [0.2, 0.25) is 0 Å². The van der Waals surface area contributed by atoms with Crippen molar-refractivity contribution in [3.8, 4) is 0 Å².